The van der Waals surface area contributed by atoms with Crippen LogP contribution in [0.15, 0.2) is 97.1 Å². The molecule has 7 heteroatoms. The topological polar surface area (TPSA) is 102 Å². The normalized spacial score (nSPS) is 10.7. The van der Waals surface area contributed by atoms with Crippen LogP contribution in [-0.2, 0) is 18.0 Å². The predicted molar refractivity (Wildman–Crippen MR) is 152 cm³/mol. The maximum atomic E-state index is 13.3. The van der Waals surface area contributed by atoms with E-state index in [4.69, 9.17) is 9.47 Å². The Labute approximate surface area is 233 Å². The van der Waals surface area contributed by atoms with Crippen molar-refractivity contribution < 1.29 is 29.0 Å². The number of hydrogen-bond acceptors (Lipinski definition) is 5. The summed E-state index contributed by atoms with van der Waals surface area (Å²) in [7, 11) is 0. The van der Waals surface area contributed by atoms with Crippen molar-refractivity contribution in [2.75, 3.05) is 6.54 Å². The van der Waals surface area contributed by atoms with Crippen molar-refractivity contribution in [2.24, 2.45) is 5.92 Å². The van der Waals surface area contributed by atoms with Gasteiger partial charge in [-0.3, -0.25) is 4.79 Å². The molecule has 0 aliphatic carbocycles. The van der Waals surface area contributed by atoms with E-state index in [0.717, 1.165) is 11.1 Å². The molecule has 40 heavy (non-hydrogen) atoms. The zero-order chi connectivity index (χ0) is 28.5. The molecule has 0 saturated carbocycles. The van der Waals surface area contributed by atoms with Crippen LogP contribution < -0.4 is 10.1 Å². The second-order valence-electron chi connectivity index (χ2n) is 9.71. The number of aromatic carboxylic acids is 1. The first-order chi connectivity index (χ1) is 19.3. The minimum Gasteiger partial charge on any atom is -0.489 e. The highest BCUT2D eigenvalue weighted by molar-refractivity contribution is 6.05. The molecule has 0 spiro atoms. The second kappa shape index (κ2) is 13.2. The summed E-state index contributed by atoms with van der Waals surface area (Å²) in [6, 6.07) is 28.0. The van der Waals surface area contributed by atoms with Gasteiger partial charge in [0.2, 0.25) is 0 Å². The van der Waals surface area contributed by atoms with Crippen molar-refractivity contribution in [3.8, 4) is 16.9 Å². The molecular weight excluding hydrogens is 506 g/mol. The number of carbonyl (C=O) groups is 3. The molecule has 0 fully saturated rings. The molecule has 0 heterocycles. The van der Waals surface area contributed by atoms with Crippen LogP contribution >= 0.6 is 0 Å². The lowest BCUT2D eigenvalue weighted by Crippen LogP contribution is -2.27. The van der Waals surface area contributed by atoms with Crippen LogP contribution in [0.25, 0.3) is 11.1 Å². The number of carboxylic acid groups (broad SMARTS) is 1. The summed E-state index contributed by atoms with van der Waals surface area (Å²) < 4.78 is 11.4. The van der Waals surface area contributed by atoms with Crippen LogP contribution in [0.4, 0.5) is 0 Å². The number of nitrogens with one attached hydrogen (secondary N) is 1. The number of amides is 1. The standard InChI is InChI=1S/C33H31NO6/c1-22(2)19-34-31(35)25-13-15-28(30(17-25)33(38)40-21-24-11-7-4-8-12-24)27-16-14-26(18-29(27)32(36)37)39-20-23-9-5-3-6-10-23/h3-18,22H,19-21H2,1-2H3,(H,34,35)(H,36,37). The summed E-state index contributed by atoms with van der Waals surface area (Å²) in [4.78, 5) is 38.4. The third-order valence-electron chi connectivity index (χ3n) is 6.15. The van der Waals surface area contributed by atoms with E-state index < -0.39 is 11.9 Å². The monoisotopic (exact) mass is 537 g/mol. The van der Waals surface area contributed by atoms with Gasteiger partial charge in [-0.15, -0.1) is 0 Å². The average Bonchev–Trinajstić information content (AvgIpc) is 2.98. The van der Waals surface area contributed by atoms with E-state index in [1.54, 1.807) is 24.3 Å². The Balaban J connectivity index is 1.68. The fraction of sp³-hybridized carbons (Fsp3) is 0.182. The van der Waals surface area contributed by atoms with Crippen molar-refractivity contribution in [2.45, 2.75) is 27.1 Å². The molecule has 4 aromatic rings. The summed E-state index contributed by atoms with van der Waals surface area (Å²) in [5, 5.41) is 12.9. The Kier molecular flexibility index (Phi) is 9.31. The first-order valence-corrected chi connectivity index (χ1v) is 13.0. The largest absolute Gasteiger partial charge is 0.489 e. The Morgan fingerprint density at radius 2 is 1.35 bits per heavy atom. The number of ether oxygens (including phenoxy) is 2. The van der Waals surface area contributed by atoms with E-state index >= 15 is 0 Å². The van der Waals surface area contributed by atoms with Gasteiger partial charge < -0.3 is 19.9 Å². The van der Waals surface area contributed by atoms with Crippen molar-refractivity contribution in [3.63, 3.8) is 0 Å². The maximum Gasteiger partial charge on any atom is 0.339 e. The second-order valence-corrected chi connectivity index (χ2v) is 9.71. The van der Waals surface area contributed by atoms with Gasteiger partial charge in [0, 0.05) is 12.1 Å². The van der Waals surface area contributed by atoms with Gasteiger partial charge in [-0.05, 0) is 58.5 Å². The number of benzene rings is 4. The molecule has 0 aromatic heterocycles. The van der Waals surface area contributed by atoms with Crippen LogP contribution in [0.2, 0.25) is 0 Å². The van der Waals surface area contributed by atoms with E-state index in [2.05, 4.69) is 5.32 Å². The van der Waals surface area contributed by atoms with Gasteiger partial charge in [0.15, 0.2) is 0 Å². The van der Waals surface area contributed by atoms with E-state index in [9.17, 15) is 19.5 Å². The van der Waals surface area contributed by atoms with Crippen LogP contribution in [-0.4, -0.2) is 29.5 Å². The van der Waals surface area contributed by atoms with Crippen LogP contribution in [0.3, 0.4) is 0 Å². The molecule has 204 valence electrons. The molecule has 2 N–H and O–H groups in total. The van der Waals surface area contributed by atoms with Crippen molar-refractivity contribution in [1.82, 2.24) is 5.32 Å². The van der Waals surface area contributed by atoms with Gasteiger partial charge >= 0.3 is 11.9 Å². The van der Waals surface area contributed by atoms with E-state index in [1.807, 2.05) is 74.5 Å². The average molecular weight is 538 g/mol. The first-order valence-electron chi connectivity index (χ1n) is 13.0. The van der Waals surface area contributed by atoms with Gasteiger partial charge in [-0.2, -0.15) is 0 Å². The van der Waals surface area contributed by atoms with Gasteiger partial charge in [-0.25, -0.2) is 9.59 Å². The maximum absolute atomic E-state index is 13.3. The molecule has 4 rings (SSSR count). The number of esters is 1. The third-order valence-corrected chi connectivity index (χ3v) is 6.15. The smallest absolute Gasteiger partial charge is 0.339 e. The van der Waals surface area contributed by atoms with Crippen molar-refractivity contribution in [1.29, 1.82) is 0 Å². The minimum absolute atomic E-state index is 0.0287. The number of hydrogen-bond donors (Lipinski definition) is 2. The first kappa shape index (κ1) is 28.1. The molecule has 0 radical (unpaired) electrons. The number of rotatable bonds is 11. The lowest BCUT2D eigenvalue weighted by atomic mass is 9.93. The molecule has 0 bridgehead atoms. The van der Waals surface area contributed by atoms with Gasteiger partial charge in [0.05, 0.1) is 11.1 Å². The van der Waals surface area contributed by atoms with Crippen LogP contribution in [0.1, 0.15) is 56.0 Å². The number of carboxylic acids is 1. The summed E-state index contributed by atoms with van der Waals surface area (Å²) in [5.41, 5.74) is 2.71. The summed E-state index contributed by atoms with van der Waals surface area (Å²) >= 11 is 0. The lowest BCUT2D eigenvalue weighted by molar-refractivity contribution is 0.0473. The quantitative estimate of drug-likeness (QED) is 0.216. The molecule has 0 aliphatic rings. The van der Waals surface area contributed by atoms with E-state index in [1.165, 1.54) is 12.1 Å². The van der Waals surface area contributed by atoms with Crippen molar-refractivity contribution in [3.05, 3.63) is 125 Å². The summed E-state index contributed by atoms with van der Waals surface area (Å²) in [5.74, 6) is -1.55. The Bertz CT molecular complexity index is 1480. The molecule has 1 amide bonds. The summed E-state index contributed by atoms with van der Waals surface area (Å²) in [6.45, 7) is 4.74. The third kappa shape index (κ3) is 7.35. The molecule has 0 saturated heterocycles. The lowest BCUT2D eigenvalue weighted by Gasteiger charge is -2.15. The van der Waals surface area contributed by atoms with Gasteiger partial charge in [0.25, 0.3) is 5.91 Å². The minimum atomic E-state index is -1.18. The van der Waals surface area contributed by atoms with E-state index in [-0.39, 0.29) is 41.7 Å². The van der Waals surface area contributed by atoms with Crippen molar-refractivity contribution >= 4 is 17.8 Å². The molecule has 4 aromatic carbocycles. The highest BCUT2D eigenvalue weighted by Crippen LogP contribution is 2.32. The summed E-state index contributed by atoms with van der Waals surface area (Å²) in [6.07, 6.45) is 0. The SMILES string of the molecule is CC(C)CNC(=O)c1ccc(-c2ccc(OCc3ccccc3)cc2C(=O)O)c(C(=O)OCc2ccccc2)c1. The Morgan fingerprint density at radius 3 is 1.98 bits per heavy atom. The molecule has 7 nitrogen and oxygen atoms in total. The van der Waals surface area contributed by atoms with Crippen LogP contribution in [0.5, 0.6) is 5.75 Å². The fourth-order valence-corrected chi connectivity index (χ4v) is 4.05. The highest BCUT2D eigenvalue weighted by atomic mass is 16.5. The zero-order valence-electron chi connectivity index (χ0n) is 22.4. The predicted octanol–water partition coefficient (Wildman–Crippen LogP) is 6.37. The van der Waals surface area contributed by atoms with Gasteiger partial charge in [0.1, 0.15) is 19.0 Å². The molecule has 0 aliphatic heterocycles. The van der Waals surface area contributed by atoms with E-state index in [0.29, 0.717) is 23.4 Å². The highest BCUT2D eigenvalue weighted by Gasteiger charge is 2.22. The number of carbonyl (C=O) groups excluding carboxylic acids is 2. The zero-order valence-corrected chi connectivity index (χ0v) is 22.4. The molecule has 0 unspecified atom stereocenters. The Hall–Kier alpha value is -4.91. The Morgan fingerprint density at radius 1 is 0.750 bits per heavy atom. The molecule has 0 atom stereocenters. The fourth-order valence-electron chi connectivity index (χ4n) is 4.05. The van der Waals surface area contributed by atoms with Crippen LogP contribution in [0, 0.1) is 5.92 Å². The molecular formula is C33H31NO6. The van der Waals surface area contributed by atoms with Gasteiger partial charge in [-0.1, -0.05) is 80.6 Å².